The van der Waals surface area contributed by atoms with Crippen molar-refractivity contribution in [3.63, 3.8) is 0 Å². The Kier molecular flexibility index (Phi) is 2.50. The van der Waals surface area contributed by atoms with E-state index in [0.717, 1.165) is 12.8 Å². The van der Waals surface area contributed by atoms with E-state index in [1.807, 2.05) is 6.07 Å². The summed E-state index contributed by atoms with van der Waals surface area (Å²) >= 11 is 0. The Morgan fingerprint density at radius 2 is 1.92 bits per heavy atom. The first-order valence-electron chi connectivity index (χ1n) is 4.92. The van der Waals surface area contributed by atoms with Crippen LogP contribution in [0.3, 0.4) is 0 Å². The van der Waals surface area contributed by atoms with Gasteiger partial charge in [-0.2, -0.15) is 0 Å². The van der Waals surface area contributed by atoms with E-state index in [0.29, 0.717) is 12.1 Å². The third-order valence-corrected chi connectivity index (χ3v) is 2.62. The Balaban J connectivity index is 1.92. The van der Waals surface area contributed by atoms with Crippen LogP contribution in [-0.2, 0) is 0 Å². The average Bonchev–Trinajstić information content (AvgIpc) is 2.53. The molecule has 2 atom stereocenters. The molecule has 1 aliphatic carbocycles. The zero-order valence-electron chi connectivity index (χ0n) is 7.74. The van der Waals surface area contributed by atoms with E-state index in [2.05, 4.69) is 29.6 Å². The highest BCUT2D eigenvalue weighted by Gasteiger charge is 2.20. The lowest BCUT2D eigenvalue weighted by atomic mass is 10.2. The van der Waals surface area contributed by atoms with Gasteiger partial charge in [0.15, 0.2) is 0 Å². The van der Waals surface area contributed by atoms with Gasteiger partial charge in [-0.15, -0.1) is 0 Å². The lowest BCUT2D eigenvalue weighted by Crippen LogP contribution is -2.20. The molecular weight excluding hydrogens is 160 g/mol. The highest BCUT2D eigenvalue weighted by atomic mass is 14.9. The van der Waals surface area contributed by atoms with Crippen LogP contribution in [0.4, 0.5) is 5.69 Å². The van der Waals surface area contributed by atoms with Gasteiger partial charge in [0.05, 0.1) is 0 Å². The van der Waals surface area contributed by atoms with Gasteiger partial charge in [0, 0.05) is 17.8 Å². The lowest BCUT2D eigenvalue weighted by Gasteiger charge is -2.13. The molecule has 2 heteroatoms. The van der Waals surface area contributed by atoms with Crippen molar-refractivity contribution in [1.29, 1.82) is 0 Å². The van der Waals surface area contributed by atoms with Crippen LogP contribution < -0.4 is 11.1 Å². The molecule has 0 spiro atoms. The second-order valence-electron chi connectivity index (χ2n) is 3.78. The van der Waals surface area contributed by atoms with Gasteiger partial charge in [-0.25, -0.2) is 0 Å². The van der Waals surface area contributed by atoms with E-state index in [4.69, 9.17) is 5.73 Å². The second-order valence-corrected chi connectivity index (χ2v) is 3.78. The molecule has 0 amide bonds. The molecule has 0 aliphatic heterocycles. The van der Waals surface area contributed by atoms with E-state index in [1.165, 1.54) is 12.1 Å². The normalized spacial score (nSPS) is 27.5. The van der Waals surface area contributed by atoms with Crippen molar-refractivity contribution in [2.24, 2.45) is 5.73 Å². The van der Waals surface area contributed by atoms with Crippen molar-refractivity contribution in [2.45, 2.75) is 31.3 Å². The molecule has 0 unspecified atom stereocenters. The molecule has 3 N–H and O–H groups in total. The highest BCUT2D eigenvalue weighted by Crippen LogP contribution is 2.21. The summed E-state index contributed by atoms with van der Waals surface area (Å²) in [5, 5.41) is 3.49. The Bertz CT molecular complexity index is 258. The number of benzene rings is 1. The molecular formula is C11H16N2. The molecule has 0 radical (unpaired) electrons. The molecule has 13 heavy (non-hydrogen) atoms. The molecule has 1 aromatic rings. The van der Waals surface area contributed by atoms with Crippen molar-refractivity contribution in [3.05, 3.63) is 30.3 Å². The Labute approximate surface area is 79.1 Å². The third-order valence-electron chi connectivity index (χ3n) is 2.62. The van der Waals surface area contributed by atoms with Crippen molar-refractivity contribution in [2.75, 3.05) is 5.32 Å². The highest BCUT2D eigenvalue weighted by molar-refractivity contribution is 5.43. The maximum Gasteiger partial charge on any atom is 0.0342 e. The fourth-order valence-electron chi connectivity index (χ4n) is 1.92. The standard InChI is InChI=1S/C11H16N2/c12-9-6-7-11(8-9)13-10-4-2-1-3-5-10/h1-5,9,11,13H,6-8,12H2/t9-,11-/m1/s1. The first-order chi connectivity index (χ1) is 6.34. The summed E-state index contributed by atoms with van der Waals surface area (Å²) in [4.78, 5) is 0. The summed E-state index contributed by atoms with van der Waals surface area (Å²) in [5.41, 5.74) is 7.05. The van der Waals surface area contributed by atoms with Gasteiger partial charge < -0.3 is 11.1 Å². The van der Waals surface area contributed by atoms with Gasteiger partial charge in [0.2, 0.25) is 0 Å². The minimum atomic E-state index is 0.404. The first kappa shape index (κ1) is 8.57. The van der Waals surface area contributed by atoms with Crippen LogP contribution >= 0.6 is 0 Å². The zero-order valence-corrected chi connectivity index (χ0v) is 7.74. The average molecular weight is 176 g/mol. The van der Waals surface area contributed by atoms with Crippen LogP contribution in [0.2, 0.25) is 0 Å². The molecule has 0 saturated heterocycles. The Hall–Kier alpha value is -1.02. The maximum absolute atomic E-state index is 5.84. The van der Waals surface area contributed by atoms with E-state index in [-0.39, 0.29) is 0 Å². The smallest absolute Gasteiger partial charge is 0.0342 e. The fraction of sp³-hybridized carbons (Fsp3) is 0.455. The monoisotopic (exact) mass is 176 g/mol. The first-order valence-corrected chi connectivity index (χ1v) is 4.92. The maximum atomic E-state index is 5.84. The molecule has 1 saturated carbocycles. The zero-order chi connectivity index (χ0) is 9.10. The molecule has 2 rings (SSSR count). The van der Waals surface area contributed by atoms with Crippen molar-refractivity contribution in [1.82, 2.24) is 0 Å². The quantitative estimate of drug-likeness (QED) is 0.723. The minimum Gasteiger partial charge on any atom is -0.382 e. The number of nitrogens with one attached hydrogen (secondary N) is 1. The van der Waals surface area contributed by atoms with Gasteiger partial charge >= 0.3 is 0 Å². The van der Waals surface area contributed by atoms with Gasteiger partial charge in [0.25, 0.3) is 0 Å². The molecule has 1 fully saturated rings. The molecule has 0 aromatic heterocycles. The van der Waals surface area contributed by atoms with Gasteiger partial charge in [-0.1, -0.05) is 18.2 Å². The summed E-state index contributed by atoms with van der Waals surface area (Å²) < 4.78 is 0. The van der Waals surface area contributed by atoms with Crippen molar-refractivity contribution < 1.29 is 0 Å². The largest absolute Gasteiger partial charge is 0.382 e. The van der Waals surface area contributed by atoms with Crippen LogP contribution in [0, 0.1) is 0 Å². The third kappa shape index (κ3) is 2.22. The van der Waals surface area contributed by atoms with E-state index < -0.39 is 0 Å². The number of rotatable bonds is 2. The van der Waals surface area contributed by atoms with E-state index in [1.54, 1.807) is 0 Å². The lowest BCUT2D eigenvalue weighted by molar-refractivity contribution is 0.688. The van der Waals surface area contributed by atoms with E-state index in [9.17, 15) is 0 Å². The SMILES string of the molecule is N[C@@H]1CC[C@@H](Nc2ccccc2)C1. The molecule has 2 nitrogen and oxygen atoms in total. The predicted octanol–water partition coefficient (Wildman–Crippen LogP) is 1.98. The summed E-state index contributed by atoms with van der Waals surface area (Å²) in [7, 11) is 0. The minimum absolute atomic E-state index is 0.404. The number of nitrogens with two attached hydrogens (primary N) is 1. The summed E-state index contributed by atoms with van der Waals surface area (Å²) in [6, 6.07) is 11.3. The Morgan fingerprint density at radius 1 is 1.15 bits per heavy atom. The number of hydrogen-bond acceptors (Lipinski definition) is 2. The van der Waals surface area contributed by atoms with Crippen molar-refractivity contribution >= 4 is 5.69 Å². The summed E-state index contributed by atoms with van der Waals surface area (Å²) in [5.74, 6) is 0. The van der Waals surface area contributed by atoms with Gasteiger partial charge in [-0.05, 0) is 31.4 Å². The predicted molar refractivity (Wildman–Crippen MR) is 55.7 cm³/mol. The van der Waals surface area contributed by atoms with Crippen LogP contribution in [0.5, 0.6) is 0 Å². The van der Waals surface area contributed by atoms with Gasteiger partial charge in [0.1, 0.15) is 0 Å². The van der Waals surface area contributed by atoms with Crippen LogP contribution in [0.25, 0.3) is 0 Å². The molecule has 1 aromatic carbocycles. The second kappa shape index (κ2) is 3.79. The topological polar surface area (TPSA) is 38.0 Å². The summed E-state index contributed by atoms with van der Waals surface area (Å²) in [6.45, 7) is 0. The van der Waals surface area contributed by atoms with Crippen LogP contribution in [0.15, 0.2) is 30.3 Å². The summed E-state index contributed by atoms with van der Waals surface area (Å²) in [6.07, 6.45) is 3.47. The molecule has 0 bridgehead atoms. The molecule has 70 valence electrons. The number of para-hydroxylation sites is 1. The van der Waals surface area contributed by atoms with Crippen LogP contribution in [0.1, 0.15) is 19.3 Å². The molecule has 1 aliphatic rings. The van der Waals surface area contributed by atoms with Crippen molar-refractivity contribution in [3.8, 4) is 0 Å². The van der Waals surface area contributed by atoms with E-state index >= 15 is 0 Å². The molecule has 0 heterocycles. The number of hydrogen-bond donors (Lipinski definition) is 2. The van der Waals surface area contributed by atoms with Gasteiger partial charge in [-0.3, -0.25) is 0 Å². The Morgan fingerprint density at radius 3 is 2.54 bits per heavy atom. The van der Waals surface area contributed by atoms with Crippen LogP contribution in [-0.4, -0.2) is 12.1 Å². The fourth-order valence-corrected chi connectivity index (χ4v) is 1.92. The number of anilines is 1.